The molecule has 0 spiro atoms. The fraction of sp³-hybridized carbons (Fsp3) is 0.333. The first kappa shape index (κ1) is 7.74. The Balaban J connectivity index is 2.87. The molecular weight excluding hydrogens is 146 g/mol. The molecule has 0 saturated heterocycles. The number of primary amides is 1. The Kier molecular flexibility index (Phi) is 2.22. The highest BCUT2D eigenvalue weighted by molar-refractivity contribution is 5.89. The third kappa shape index (κ3) is 1.56. The van der Waals surface area contributed by atoms with Crippen LogP contribution in [0.3, 0.4) is 0 Å². The van der Waals surface area contributed by atoms with Gasteiger partial charge in [0.1, 0.15) is 6.20 Å². The van der Waals surface area contributed by atoms with Crippen LogP contribution in [0, 0.1) is 6.20 Å². The van der Waals surface area contributed by atoms with Crippen LogP contribution in [-0.4, -0.2) is 27.2 Å². The summed E-state index contributed by atoms with van der Waals surface area (Å²) in [6, 6.07) is 0. The highest BCUT2D eigenvalue weighted by Gasteiger charge is 2.06. The molecule has 0 aromatic carbocycles. The van der Waals surface area contributed by atoms with Gasteiger partial charge >= 0.3 is 0 Å². The average molecular weight is 154 g/mol. The number of imidazole rings is 1. The van der Waals surface area contributed by atoms with Crippen molar-refractivity contribution in [2.75, 3.05) is 6.61 Å². The van der Waals surface area contributed by atoms with Crippen LogP contribution in [0.25, 0.3) is 0 Å². The van der Waals surface area contributed by atoms with Gasteiger partial charge in [-0.2, -0.15) is 0 Å². The van der Waals surface area contributed by atoms with Crippen molar-refractivity contribution in [3.63, 3.8) is 0 Å². The van der Waals surface area contributed by atoms with Gasteiger partial charge in [0.05, 0.1) is 6.61 Å². The van der Waals surface area contributed by atoms with E-state index in [4.69, 9.17) is 10.8 Å². The summed E-state index contributed by atoms with van der Waals surface area (Å²) < 4.78 is 1.45. The Hall–Kier alpha value is -1.36. The van der Waals surface area contributed by atoms with Gasteiger partial charge in [0.25, 0.3) is 5.91 Å². The summed E-state index contributed by atoms with van der Waals surface area (Å²) in [5, 5.41) is 8.53. The number of nitrogens with zero attached hydrogens (tertiary/aromatic N) is 2. The van der Waals surface area contributed by atoms with Crippen molar-refractivity contribution in [2.24, 2.45) is 5.73 Å². The van der Waals surface area contributed by atoms with Crippen molar-refractivity contribution in [1.82, 2.24) is 9.55 Å². The minimum absolute atomic E-state index is 0.0511. The van der Waals surface area contributed by atoms with E-state index in [1.165, 1.54) is 10.8 Å². The Morgan fingerprint density at radius 1 is 1.91 bits per heavy atom. The molecule has 1 rings (SSSR count). The Morgan fingerprint density at radius 2 is 2.64 bits per heavy atom. The second kappa shape index (κ2) is 3.16. The van der Waals surface area contributed by atoms with Gasteiger partial charge in [0.2, 0.25) is 0 Å². The maximum absolute atomic E-state index is 10.6. The number of hydrogen-bond acceptors (Lipinski definition) is 3. The molecule has 1 aromatic heterocycles. The third-order valence-corrected chi connectivity index (χ3v) is 1.22. The first-order valence-corrected chi connectivity index (χ1v) is 3.09. The number of carbonyl (C=O) groups excluding carboxylic acids is 1. The molecule has 0 aliphatic carbocycles. The lowest BCUT2D eigenvalue weighted by molar-refractivity contribution is 0.0985. The molecule has 0 aliphatic rings. The summed E-state index contributed by atoms with van der Waals surface area (Å²) in [4.78, 5) is 14.2. The van der Waals surface area contributed by atoms with Gasteiger partial charge in [-0.1, -0.05) is 0 Å². The van der Waals surface area contributed by atoms with Crippen LogP contribution in [0.15, 0.2) is 6.20 Å². The Bertz CT molecular complexity index is 256. The zero-order valence-corrected chi connectivity index (χ0v) is 5.82. The second-order valence-corrected chi connectivity index (χ2v) is 1.97. The number of aliphatic hydroxyl groups excluding tert-OH is 1. The van der Waals surface area contributed by atoms with Crippen LogP contribution in [-0.2, 0) is 6.54 Å². The van der Waals surface area contributed by atoms with Gasteiger partial charge in [-0.15, -0.1) is 0 Å². The van der Waals surface area contributed by atoms with Gasteiger partial charge in [0.15, 0.2) is 5.82 Å². The molecule has 0 unspecified atom stereocenters. The number of carbonyl (C=O) groups is 1. The number of rotatable bonds is 3. The SMILES string of the molecule is NC(=O)c1n[c]cn1CCO. The van der Waals surface area contributed by atoms with Gasteiger partial charge in [0, 0.05) is 12.7 Å². The predicted octanol–water partition coefficient (Wildman–Crippen LogP) is -1.23. The molecule has 0 saturated carbocycles. The highest BCUT2D eigenvalue weighted by atomic mass is 16.3. The number of amides is 1. The van der Waals surface area contributed by atoms with E-state index in [2.05, 4.69) is 11.2 Å². The first-order chi connectivity index (χ1) is 5.25. The molecule has 1 heterocycles. The number of aliphatic hydroxyl groups is 1. The van der Waals surface area contributed by atoms with Crippen LogP contribution in [0.1, 0.15) is 10.6 Å². The number of aromatic nitrogens is 2. The lowest BCUT2D eigenvalue weighted by Crippen LogP contribution is -2.18. The molecule has 0 fully saturated rings. The maximum atomic E-state index is 10.6. The summed E-state index contributed by atoms with van der Waals surface area (Å²) in [7, 11) is 0. The molecule has 1 amide bonds. The fourth-order valence-corrected chi connectivity index (χ4v) is 0.760. The molecule has 0 aliphatic heterocycles. The van der Waals surface area contributed by atoms with Crippen molar-refractivity contribution >= 4 is 5.91 Å². The number of hydrogen-bond donors (Lipinski definition) is 2. The Labute approximate surface area is 63.5 Å². The van der Waals surface area contributed by atoms with E-state index < -0.39 is 5.91 Å². The van der Waals surface area contributed by atoms with Gasteiger partial charge in [-0.3, -0.25) is 4.79 Å². The molecule has 1 aromatic rings. The van der Waals surface area contributed by atoms with Crippen molar-refractivity contribution in [2.45, 2.75) is 6.54 Å². The zero-order valence-electron chi connectivity index (χ0n) is 5.82. The summed E-state index contributed by atoms with van der Waals surface area (Å²) in [6.45, 7) is 0.263. The van der Waals surface area contributed by atoms with Crippen molar-refractivity contribution in [3.05, 3.63) is 18.2 Å². The molecule has 59 valence electrons. The van der Waals surface area contributed by atoms with E-state index in [1.807, 2.05) is 0 Å². The molecule has 3 N–H and O–H groups in total. The van der Waals surface area contributed by atoms with E-state index in [1.54, 1.807) is 0 Å². The summed E-state index contributed by atoms with van der Waals surface area (Å²) in [6.07, 6.45) is 3.93. The summed E-state index contributed by atoms with van der Waals surface area (Å²) >= 11 is 0. The van der Waals surface area contributed by atoms with E-state index >= 15 is 0 Å². The predicted molar refractivity (Wildman–Crippen MR) is 36.7 cm³/mol. The van der Waals surface area contributed by atoms with Crippen LogP contribution < -0.4 is 5.73 Å². The van der Waals surface area contributed by atoms with Crippen LogP contribution in [0.2, 0.25) is 0 Å². The van der Waals surface area contributed by atoms with E-state index in [0.717, 1.165) is 0 Å². The molecular formula is C6H8N3O2. The highest BCUT2D eigenvalue weighted by Crippen LogP contribution is 1.94. The average Bonchev–Trinajstić information content (AvgIpc) is 2.36. The van der Waals surface area contributed by atoms with Gasteiger partial charge in [-0.25, -0.2) is 4.98 Å². The third-order valence-electron chi connectivity index (χ3n) is 1.22. The molecule has 0 atom stereocenters. The normalized spacial score (nSPS) is 9.91. The van der Waals surface area contributed by atoms with Crippen LogP contribution in [0.5, 0.6) is 0 Å². The van der Waals surface area contributed by atoms with Crippen LogP contribution in [0.4, 0.5) is 0 Å². The van der Waals surface area contributed by atoms with E-state index in [-0.39, 0.29) is 12.4 Å². The fourth-order valence-electron chi connectivity index (χ4n) is 0.760. The van der Waals surface area contributed by atoms with E-state index in [9.17, 15) is 4.79 Å². The second-order valence-electron chi connectivity index (χ2n) is 1.97. The summed E-state index contributed by atoms with van der Waals surface area (Å²) in [5.74, 6) is -0.487. The molecule has 11 heavy (non-hydrogen) atoms. The quantitative estimate of drug-likeness (QED) is 0.572. The molecule has 5 nitrogen and oxygen atoms in total. The van der Waals surface area contributed by atoms with Crippen molar-refractivity contribution in [1.29, 1.82) is 0 Å². The monoisotopic (exact) mass is 154 g/mol. The lowest BCUT2D eigenvalue weighted by Gasteiger charge is -2.00. The molecule has 1 radical (unpaired) electrons. The van der Waals surface area contributed by atoms with Gasteiger partial charge < -0.3 is 15.4 Å². The topological polar surface area (TPSA) is 81.1 Å². The zero-order chi connectivity index (χ0) is 8.27. The minimum Gasteiger partial charge on any atom is -0.395 e. The van der Waals surface area contributed by atoms with Crippen molar-refractivity contribution in [3.8, 4) is 0 Å². The minimum atomic E-state index is -0.611. The summed E-state index contributed by atoms with van der Waals surface area (Å²) in [5.41, 5.74) is 4.97. The largest absolute Gasteiger partial charge is 0.395 e. The van der Waals surface area contributed by atoms with Crippen molar-refractivity contribution < 1.29 is 9.90 Å². The van der Waals surface area contributed by atoms with Gasteiger partial charge in [-0.05, 0) is 0 Å². The molecule has 0 bridgehead atoms. The smallest absolute Gasteiger partial charge is 0.284 e. The van der Waals surface area contributed by atoms with Crippen LogP contribution >= 0.6 is 0 Å². The number of nitrogens with two attached hydrogens (primary N) is 1. The van der Waals surface area contributed by atoms with E-state index in [0.29, 0.717) is 6.54 Å². The standard InChI is InChI=1S/C6H8N3O2/c7-5(11)6-8-1-2-9(6)3-4-10/h2,10H,3-4H2,(H2,7,11). The first-order valence-electron chi connectivity index (χ1n) is 3.09. The molecule has 5 heteroatoms. The Morgan fingerprint density at radius 3 is 3.18 bits per heavy atom. The maximum Gasteiger partial charge on any atom is 0.284 e. The lowest BCUT2D eigenvalue weighted by atomic mass is 10.5.